The van der Waals surface area contributed by atoms with E-state index in [2.05, 4.69) is 4.90 Å². The highest BCUT2D eigenvalue weighted by Crippen LogP contribution is 2.23. The smallest absolute Gasteiger partial charge is 0.129 e. The maximum absolute atomic E-state index is 13.8. The molecule has 0 amide bonds. The maximum Gasteiger partial charge on any atom is 0.129 e. The second-order valence-electron chi connectivity index (χ2n) is 5.43. The van der Waals surface area contributed by atoms with E-state index < -0.39 is 0 Å². The van der Waals surface area contributed by atoms with Gasteiger partial charge in [-0.3, -0.25) is 4.90 Å². The Kier molecular flexibility index (Phi) is 4.56. The molecule has 5 heteroatoms. The van der Waals surface area contributed by atoms with Gasteiger partial charge in [-0.25, -0.2) is 4.39 Å². The van der Waals surface area contributed by atoms with Gasteiger partial charge >= 0.3 is 0 Å². The van der Waals surface area contributed by atoms with Crippen molar-refractivity contribution in [2.45, 2.75) is 31.6 Å². The van der Waals surface area contributed by atoms with Crippen LogP contribution in [-0.2, 0) is 16.0 Å². The van der Waals surface area contributed by atoms with Gasteiger partial charge in [0.25, 0.3) is 0 Å². The van der Waals surface area contributed by atoms with Crippen molar-refractivity contribution in [2.24, 2.45) is 0 Å². The van der Waals surface area contributed by atoms with Crippen LogP contribution in [0.1, 0.15) is 18.4 Å². The standard InChI is InChI=1S/C15H19ClFNO2/c16-12-4-3-11(13(17)8-12)9-18-5-7-20-15(10-18)14-2-1-6-19-14/h3-4,8,14-15H,1-2,5-7,9-10H2/t14-,15-/m1/s1. The summed E-state index contributed by atoms with van der Waals surface area (Å²) in [5.41, 5.74) is 0.683. The van der Waals surface area contributed by atoms with Crippen molar-refractivity contribution in [2.75, 3.05) is 26.3 Å². The van der Waals surface area contributed by atoms with E-state index in [0.29, 0.717) is 23.7 Å². The lowest BCUT2D eigenvalue weighted by atomic mass is 10.1. The number of hydrogen-bond donors (Lipinski definition) is 0. The van der Waals surface area contributed by atoms with E-state index in [0.717, 1.165) is 32.5 Å². The largest absolute Gasteiger partial charge is 0.375 e. The molecule has 2 aliphatic rings. The van der Waals surface area contributed by atoms with Crippen LogP contribution in [0.2, 0.25) is 5.02 Å². The van der Waals surface area contributed by atoms with E-state index >= 15 is 0 Å². The number of benzene rings is 1. The van der Waals surface area contributed by atoms with Crippen molar-refractivity contribution in [1.82, 2.24) is 4.90 Å². The van der Waals surface area contributed by atoms with E-state index in [1.54, 1.807) is 12.1 Å². The lowest BCUT2D eigenvalue weighted by molar-refractivity contribution is -0.0961. The molecule has 2 aliphatic heterocycles. The molecule has 0 aliphatic carbocycles. The monoisotopic (exact) mass is 299 g/mol. The highest BCUT2D eigenvalue weighted by molar-refractivity contribution is 6.30. The number of nitrogens with zero attached hydrogens (tertiary/aromatic N) is 1. The molecule has 2 heterocycles. The van der Waals surface area contributed by atoms with E-state index in [9.17, 15) is 4.39 Å². The van der Waals surface area contributed by atoms with Crippen LogP contribution in [0.4, 0.5) is 4.39 Å². The van der Waals surface area contributed by atoms with E-state index in [1.165, 1.54) is 6.07 Å². The van der Waals surface area contributed by atoms with Crippen LogP contribution >= 0.6 is 11.6 Å². The average molecular weight is 300 g/mol. The third kappa shape index (κ3) is 3.31. The Morgan fingerprint density at radius 1 is 1.25 bits per heavy atom. The van der Waals surface area contributed by atoms with Gasteiger partial charge in [-0.1, -0.05) is 17.7 Å². The van der Waals surface area contributed by atoms with Crippen molar-refractivity contribution in [1.29, 1.82) is 0 Å². The minimum atomic E-state index is -0.238. The predicted octanol–water partition coefficient (Wildman–Crippen LogP) is 2.86. The quantitative estimate of drug-likeness (QED) is 0.857. The minimum Gasteiger partial charge on any atom is -0.375 e. The Hall–Kier alpha value is -0.680. The van der Waals surface area contributed by atoms with Crippen molar-refractivity contribution in [3.05, 3.63) is 34.6 Å². The molecular weight excluding hydrogens is 281 g/mol. The van der Waals surface area contributed by atoms with Crippen molar-refractivity contribution < 1.29 is 13.9 Å². The first-order valence-corrected chi connectivity index (χ1v) is 7.49. The minimum absolute atomic E-state index is 0.113. The molecule has 3 nitrogen and oxygen atoms in total. The van der Waals surface area contributed by atoms with Crippen LogP contribution in [0, 0.1) is 5.82 Å². The molecule has 2 atom stereocenters. The third-order valence-corrected chi connectivity index (χ3v) is 4.20. The summed E-state index contributed by atoms with van der Waals surface area (Å²) in [6, 6.07) is 4.86. The summed E-state index contributed by atoms with van der Waals surface area (Å²) < 4.78 is 25.3. The van der Waals surface area contributed by atoms with Gasteiger partial charge in [0.2, 0.25) is 0 Å². The lowest BCUT2D eigenvalue weighted by Gasteiger charge is -2.35. The highest BCUT2D eigenvalue weighted by Gasteiger charge is 2.31. The predicted molar refractivity (Wildman–Crippen MR) is 75.4 cm³/mol. The number of ether oxygens (including phenoxy) is 2. The molecule has 0 bridgehead atoms. The molecule has 0 N–H and O–H groups in total. The molecule has 3 rings (SSSR count). The summed E-state index contributed by atoms with van der Waals surface area (Å²) in [4.78, 5) is 2.22. The fourth-order valence-electron chi connectivity index (χ4n) is 2.89. The molecule has 1 aromatic rings. The first-order valence-electron chi connectivity index (χ1n) is 7.12. The number of rotatable bonds is 3. The number of halogens is 2. The third-order valence-electron chi connectivity index (χ3n) is 3.97. The first-order chi connectivity index (χ1) is 9.72. The molecule has 2 fully saturated rings. The van der Waals surface area contributed by atoms with Gasteiger partial charge in [-0.2, -0.15) is 0 Å². The molecule has 0 spiro atoms. The first kappa shape index (κ1) is 14.3. The number of hydrogen-bond acceptors (Lipinski definition) is 3. The van der Waals surface area contributed by atoms with Crippen LogP contribution < -0.4 is 0 Å². The van der Waals surface area contributed by atoms with E-state index in [-0.39, 0.29) is 18.0 Å². The molecule has 0 radical (unpaired) electrons. The summed E-state index contributed by atoms with van der Waals surface area (Å²) in [6.07, 6.45) is 2.49. The summed E-state index contributed by atoms with van der Waals surface area (Å²) in [5, 5.41) is 0.436. The normalized spacial score (nSPS) is 27.9. The Bertz CT molecular complexity index is 465. The van der Waals surface area contributed by atoms with Crippen LogP contribution in [0.15, 0.2) is 18.2 Å². The molecule has 0 aromatic heterocycles. The van der Waals surface area contributed by atoms with E-state index in [1.807, 2.05) is 0 Å². The summed E-state index contributed by atoms with van der Waals surface area (Å²) in [6.45, 7) is 3.73. The molecular formula is C15H19ClFNO2. The summed E-state index contributed by atoms with van der Waals surface area (Å²) in [7, 11) is 0. The Morgan fingerprint density at radius 3 is 2.85 bits per heavy atom. The number of morpholine rings is 1. The SMILES string of the molecule is Fc1cc(Cl)ccc1CN1CCO[C@@H]([C@H]2CCCO2)C1. The van der Waals surface area contributed by atoms with Gasteiger partial charge in [-0.05, 0) is 25.0 Å². The molecule has 20 heavy (non-hydrogen) atoms. The zero-order chi connectivity index (χ0) is 13.9. The summed E-state index contributed by atoms with van der Waals surface area (Å²) in [5.74, 6) is -0.238. The summed E-state index contributed by atoms with van der Waals surface area (Å²) >= 11 is 5.78. The van der Waals surface area contributed by atoms with Gasteiger partial charge < -0.3 is 9.47 Å². The lowest BCUT2D eigenvalue weighted by Crippen LogP contribution is -2.47. The average Bonchev–Trinajstić information content (AvgIpc) is 2.96. The van der Waals surface area contributed by atoms with Gasteiger partial charge in [0, 0.05) is 36.8 Å². The fraction of sp³-hybridized carbons (Fsp3) is 0.600. The van der Waals surface area contributed by atoms with Gasteiger partial charge in [0.05, 0.1) is 18.8 Å². The van der Waals surface area contributed by atoms with Crippen LogP contribution in [0.5, 0.6) is 0 Å². The molecule has 1 aromatic carbocycles. The molecule has 0 saturated carbocycles. The molecule has 0 unspecified atom stereocenters. The van der Waals surface area contributed by atoms with Crippen LogP contribution in [0.3, 0.4) is 0 Å². The molecule has 2 saturated heterocycles. The highest BCUT2D eigenvalue weighted by atomic mass is 35.5. The second-order valence-corrected chi connectivity index (χ2v) is 5.87. The van der Waals surface area contributed by atoms with Crippen molar-refractivity contribution >= 4 is 11.6 Å². The Morgan fingerprint density at radius 2 is 2.10 bits per heavy atom. The van der Waals surface area contributed by atoms with Gasteiger partial charge in [0.1, 0.15) is 5.82 Å². The zero-order valence-electron chi connectivity index (χ0n) is 11.4. The maximum atomic E-state index is 13.8. The van der Waals surface area contributed by atoms with Crippen molar-refractivity contribution in [3.8, 4) is 0 Å². The topological polar surface area (TPSA) is 21.7 Å². The zero-order valence-corrected chi connectivity index (χ0v) is 12.1. The van der Waals surface area contributed by atoms with E-state index in [4.69, 9.17) is 21.1 Å². The Balaban J connectivity index is 1.62. The van der Waals surface area contributed by atoms with Crippen molar-refractivity contribution in [3.63, 3.8) is 0 Å². The second kappa shape index (κ2) is 6.39. The molecule has 110 valence electrons. The fourth-order valence-corrected chi connectivity index (χ4v) is 3.05. The Labute approximate surface area is 123 Å². The van der Waals surface area contributed by atoms with Gasteiger partial charge in [-0.15, -0.1) is 0 Å². The van der Waals surface area contributed by atoms with Gasteiger partial charge in [0.15, 0.2) is 0 Å². The van der Waals surface area contributed by atoms with Crippen LogP contribution in [-0.4, -0.2) is 43.4 Å². The van der Waals surface area contributed by atoms with Crippen LogP contribution in [0.25, 0.3) is 0 Å².